The summed E-state index contributed by atoms with van der Waals surface area (Å²) in [6.07, 6.45) is 1.29. The van der Waals surface area contributed by atoms with E-state index in [1.54, 1.807) is 0 Å². The zero-order valence-corrected chi connectivity index (χ0v) is 13.0. The third kappa shape index (κ3) is 4.34. The summed E-state index contributed by atoms with van der Waals surface area (Å²) in [5.74, 6) is -0.428. The van der Waals surface area contributed by atoms with Crippen LogP contribution in [0.1, 0.15) is 39.7 Å². The largest absolute Gasteiger partial charge is 0.207 e. The molecule has 3 heteroatoms. The highest BCUT2D eigenvalue weighted by molar-refractivity contribution is 9.09. The van der Waals surface area contributed by atoms with E-state index < -0.39 is 11.6 Å². The zero-order valence-electron chi connectivity index (χ0n) is 11.4. The van der Waals surface area contributed by atoms with Gasteiger partial charge in [0.15, 0.2) is 0 Å². The van der Waals surface area contributed by atoms with Gasteiger partial charge in [-0.1, -0.05) is 49.7 Å². The first-order chi connectivity index (χ1) is 8.21. The SMILES string of the molecule is CC(CC(Br)Cc1c(F)cccc1F)C(C)(C)C. The molecule has 2 unspecified atom stereocenters. The van der Waals surface area contributed by atoms with E-state index >= 15 is 0 Å². The summed E-state index contributed by atoms with van der Waals surface area (Å²) in [4.78, 5) is 0.0955. The van der Waals surface area contributed by atoms with Gasteiger partial charge in [0.2, 0.25) is 0 Å². The number of hydrogen-bond donors (Lipinski definition) is 0. The lowest BCUT2D eigenvalue weighted by Crippen LogP contribution is -2.21. The van der Waals surface area contributed by atoms with E-state index in [2.05, 4.69) is 43.6 Å². The van der Waals surface area contributed by atoms with Crippen molar-refractivity contribution in [3.05, 3.63) is 35.4 Å². The van der Waals surface area contributed by atoms with Gasteiger partial charge in [-0.15, -0.1) is 0 Å². The quantitative estimate of drug-likeness (QED) is 0.657. The van der Waals surface area contributed by atoms with Gasteiger partial charge in [-0.05, 0) is 36.3 Å². The van der Waals surface area contributed by atoms with Crippen molar-refractivity contribution in [2.45, 2.75) is 45.4 Å². The van der Waals surface area contributed by atoms with Gasteiger partial charge in [-0.25, -0.2) is 8.78 Å². The summed E-state index contributed by atoms with van der Waals surface area (Å²) in [6.45, 7) is 8.72. The summed E-state index contributed by atoms with van der Waals surface area (Å²) in [5.41, 5.74) is 0.389. The third-order valence-corrected chi connectivity index (χ3v) is 4.27. The first kappa shape index (κ1) is 15.6. The Morgan fingerprint density at radius 3 is 2.11 bits per heavy atom. The average Bonchev–Trinajstić information content (AvgIpc) is 2.22. The summed E-state index contributed by atoms with van der Waals surface area (Å²) in [5, 5.41) is 0. The van der Waals surface area contributed by atoms with E-state index in [4.69, 9.17) is 0 Å². The molecule has 0 aliphatic carbocycles. The normalized spacial score (nSPS) is 15.5. The Kier molecular flexibility index (Phi) is 5.32. The lowest BCUT2D eigenvalue weighted by Gasteiger charge is -2.29. The van der Waals surface area contributed by atoms with E-state index in [0.717, 1.165) is 6.42 Å². The van der Waals surface area contributed by atoms with Gasteiger partial charge in [-0.3, -0.25) is 0 Å². The molecule has 18 heavy (non-hydrogen) atoms. The molecule has 0 nitrogen and oxygen atoms in total. The highest BCUT2D eigenvalue weighted by Gasteiger charge is 2.23. The minimum Gasteiger partial charge on any atom is -0.207 e. The smallest absolute Gasteiger partial charge is 0.129 e. The van der Waals surface area contributed by atoms with Crippen molar-refractivity contribution in [3.8, 4) is 0 Å². The molecule has 0 saturated heterocycles. The Hall–Kier alpha value is -0.440. The maximum atomic E-state index is 13.5. The number of hydrogen-bond acceptors (Lipinski definition) is 0. The molecule has 0 spiro atoms. The minimum absolute atomic E-state index is 0.0955. The lowest BCUT2D eigenvalue weighted by atomic mass is 9.79. The Bertz CT molecular complexity index is 376. The fourth-order valence-electron chi connectivity index (χ4n) is 1.77. The Morgan fingerprint density at radius 1 is 1.17 bits per heavy atom. The summed E-state index contributed by atoms with van der Waals surface area (Å²) < 4.78 is 27.0. The molecule has 1 aromatic rings. The summed E-state index contributed by atoms with van der Waals surface area (Å²) in [7, 11) is 0. The number of rotatable bonds is 4. The van der Waals surface area contributed by atoms with Crippen molar-refractivity contribution in [1.82, 2.24) is 0 Å². The molecule has 0 fully saturated rings. The van der Waals surface area contributed by atoms with Crippen molar-refractivity contribution < 1.29 is 8.78 Å². The molecule has 0 radical (unpaired) electrons. The lowest BCUT2D eigenvalue weighted by molar-refractivity contribution is 0.245. The van der Waals surface area contributed by atoms with E-state index in [0.29, 0.717) is 12.3 Å². The Morgan fingerprint density at radius 2 is 1.67 bits per heavy atom. The van der Waals surface area contributed by atoms with Crippen molar-refractivity contribution in [2.75, 3.05) is 0 Å². The van der Waals surface area contributed by atoms with Crippen LogP contribution in [0.2, 0.25) is 0 Å². The van der Waals surface area contributed by atoms with Crippen LogP contribution in [0.4, 0.5) is 8.78 Å². The first-order valence-electron chi connectivity index (χ1n) is 6.28. The van der Waals surface area contributed by atoms with Crippen LogP contribution in [0.3, 0.4) is 0 Å². The molecule has 1 aromatic carbocycles. The van der Waals surface area contributed by atoms with E-state index in [1.165, 1.54) is 18.2 Å². The zero-order chi connectivity index (χ0) is 13.9. The first-order valence-corrected chi connectivity index (χ1v) is 7.20. The van der Waals surface area contributed by atoms with Crippen LogP contribution in [0.15, 0.2) is 18.2 Å². The molecule has 2 atom stereocenters. The highest BCUT2D eigenvalue weighted by Crippen LogP contribution is 2.32. The second kappa shape index (κ2) is 6.14. The summed E-state index contributed by atoms with van der Waals surface area (Å²) >= 11 is 3.54. The predicted octanol–water partition coefficient (Wildman–Crippen LogP) is 5.34. The Labute approximate surface area is 117 Å². The predicted molar refractivity (Wildman–Crippen MR) is 76.0 cm³/mol. The third-order valence-electron chi connectivity index (χ3n) is 3.58. The molecule has 102 valence electrons. The van der Waals surface area contributed by atoms with Gasteiger partial charge in [0, 0.05) is 10.4 Å². The fraction of sp³-hybridized carbons (Fsp3) is 0.600. The van der Waals surface area contributed by atoms with Gasteiger partial charge in [0.05, 0.1) is 0 Å². The van der Waals surface area contributed by atoms with Crippen LogP contribution in [-0.4, -0.2) is 4.83 Å². The maximum absolute atomic E-state index is 13.5. The van der Waals surface area contributed by atoms with Crippen LogP contribution in [-0.2, 0) is 6.42 Å². The molecule has 0 aromatic heterocycles. The molecule has 0 N–H and O–H groups in total. The van der Waals surface area contributed by atoms with Gasteiger partial charge in [0.25, 0.3) is 0 Å². The van der Waals surface area contributed by atoms with Crippen molar-refractivity contribution in [2.24, 2.45) is 11.3 Å². The van der Waals surface area contributed by atoms with Crippen LogP contribution in [0.5, 0.6) is 0 Å². The monoisotopic (exact) mass is 318 g/mol. The molecule has 0 amide bonds. The van der Waals surface area contributed by atoms with Crippen LogP contribution in [0, 0.1) is 23.0 Å². The minimum atomic E-state index is -0.456. The Balaban J connectivity index is 2.68. The number of alkyl halides is 1. The van der Waals surface area contributed by atoms with Gasteiger partial charge in [-0.2, -0.15) is 0 Å². The van der Waals surface area contributed by atoms with E-state index in [1.807, 2.05) is 0 Å². The molecule has 0 aliphatic heterocycles. The highest BCUT2D eigenvalue weighted by atomic mass is 79.9. The molecule has 0 aliphatic rings. The van der Waals surface area contributed by atoms with E-state index in [-0.39, 0.29) is 15.8 Å². The van der Waals surface area contributed by atoms with Crippen molar-refractivity contribution in [3.63, 3.8) is 0 Å². The van der Waals surface area contributed by atoms with Crippen molar-refractivity contribution >= 4 is 15.9 Å². The van der Waals surface area contributed by atoms with E-state index in [9.17, 15) is 8.78 Å². The van der Waals surface area contributed by atoms with Crippen LogP contribution < -0.4 is 0 Å². The molecule has 1 rings (SSSR count). The number of halogens is 3. The van der Waals surface area contributed by atoms with Gasteiger partial charge < -0.3 is 0 Å². The van der Waals surface area contributed by atoms with Crippen LogP contribution >= 0.6 is 15.9 Å². The van der Waals surface area contributed by atoms with Crippen molar-refractivity contribution in [1.29, 1.82) is 0 Å². The van der Waals surface area contributed by atoms with Gasteiger partial charge in [0.1, 0.15) is 11.6 Å². The fourth-order valence-corrected chi connectivity index (χ4v) is 2.65. The average molecular weight is 319 g/mol. The van der Waals surface area contributed by atoms with Crippen LogP contribution in [0.25, 0.3) is 0 Å². The molecular weight excluding hydrogens is 298 g/mol. The maximum Gasteiger partial charge on any atom is 0.129 e. The number of benzene rings is 1. The molecule has 0 heterocycles. The summed E-state index contributed by atoms with van der Waals surface area (Å²) in [6, 6.07) is 4.02. The second-order valence-corrected chi connectivity index (χ2v) is 7.30. The standard InChI is InChI=1S/C15H21BrF2/c1-10(15(2,3)4)8-11(16)9-12-13(17)6-5-7-14(12)18/h5-7,10-11H,8-9H2,1-4H3. The van der Waals surface area contributed by atoms with Gasteiger partial charge >= 0.3 is 0 Å². The molecular formula is C15H21BrF2. The second-order valence-electron chi connectivity index (χ2n) is 6.00. The molecule has 0 bridgehead atoms. The molecule has 0 saturated carbocycles. The topological polar surface area (TPSA) is 0 Å².